The van der Waals surface area contributed by atoms with Crippen LogP contribution in [0.4, 0.5) is 15.8 Å². The van der Waals surface area contributed by atoms with Gasteiger partial charge in [-0.2, -0.15) is 4.31 Å². The average Bonchev–Trinajstić information content (AvgIpc) is 3.08. The number of anilines is 1. The number of carbonyl (C=O) groups excluding carboxylic acids is 2. The summed E-state index contributed by atoms with van der Waals surface area (Å²) in [7, 11) is -4.10. The van der Waals surface area contributed by atoms with Gasteiger partial charge in [-0.3, -0.25) is 24.6 Å². The summed E-state index contributed by atoms with van der Waals surface area (Å²) in [6.07, 6.45) is -0.0624. The molecular formula is C20H19FN4O6S. The predicted molar refractivity (Wildman–Crippen MR) is 111 cm³/mol. The fourth-order valence-electron chi connectivity index (χ4n) is 3.98. The average molecular weight is 462 g/mol. The van der Waals surface area contributed by atoms with Crippen LogP contribution in [-0.4, -0.2) is 66.6 Å². The van der Waals surface area contributed by atoms with Crippen LogP contribution in [0.15, 0.2) is 53.4 Å². The van der Waals surface area contributed by atoms with Gasteiger partial charge in [0.05, 0.1) is 23.1 Å². The summed E-state index contributed by atoms with van der Waals surface area (Å²) in [6.45, 7) is 0.396. The van der Waals surface area contributed by atoms with Crippen LogP contribution in [-0.2, 0) is 19.6 Å². The van der Waals surface area contributed by atoms with E-state index in [2.05, 4.69) is 0 Å². The topological polar surface area (TPSA) is 121 Å². The third-order valence-electron chi connectivity index (χ3n) is 5.60. The van der Waals surface area contributed by atoms with E-state index in [1.165, 1.54) is 30.3 Å². The zero-order chi connectivity index (χ0) is 23.0. The lowest BCUT2D eigenvalue weighted by atomic mass is 10.2. The number of imide groups is 1. The normalized spacial score (nSPS) is 20.7. The molecule has 0 saturated carbocycles. The van der Waals surface area contributed by atoms with Crippen LogP contribution in [0, 0.1) is 15.9 Å². The molecule has 2 aromatic rings. The summed E-state index contributed by atoms with van der Waals surface area (Å²) in [4.78, 5) is 38.2. The molecule has 168 valence electrons. The van der Waals surface area contributed by atoms with Crippen LogP contribution in [0.2, 0.25) is 0 Å². The minimum Gasteiger partial charge on any atom is -0.289 e. The van der Waals surface area contributed by atoms with Gasteiger partial charge in [0.25, 0.3) is 11.6 Å². The first-order chi connectivity index (χ1) is 15.2. The van der Waals surface area contributed by atoms with Gasteiger partial charge >= 0.3 is 0 Å². The quantitative estimate of drug-likeness (QED) is 0.374. The monoisotopic (exact) mass is 462 g/mol. The van der Waals surface area contributed by atoms with Crippen LogP contribution in [0.3, 0.4) is 0 Å². The van der Waals surface area contributed by atoms with E-state index in [1.807, 2.05) is 0 Å². The zero-order valence-corrected chi connectivity index (χ0v) is 17.6. The Kier molecular flexibility index (Phi) is 5.75. The molecule has 10 nitrogen and oxygen atoms in total. The summed E-state index contributed by atoms with van der Waals surface area (Å²) in [5.41, 5.74) is -0.220. The van der Waals surface area contributed by atoms with Crippen LogP contribution in [0.5, 0.6) is 0 Å². The molecule has 2 aliphatic rings. The van der Waals surface area contributed by atoms with Gasteiger partial charge in [0, 0.05) is 32.2 Å². The van der Waals surface area contributed by atoms with Crippen LogP contribution < -0.4 is 4.90 Å². The minimum absolute atomic E-state index is 0.0168. The van der Waals surface area contributed by atoms with Crippen LogP contribution in [0.25, 0.3) is 0 Å². The number of nitro groups is 1. The van der Waals surface area contributed by atoms with Crippen molar-refractivity contribution in [3.05, 3.63) is 64.5 Å². The molecule has 0 bridgehead atoms. The Morgan fingerprint density at radius 3 is 2.22 bits per heavy atom. The third kappa shape index (κ3) is 3.87. The molecule has 0 aromatic heterocycles. The Hall–Kier alpha value is -3.22. The molecule has 1 atom stereocenters. The lowest BCUT2D eigenvalue weighted by Crippen LogP contribution is -2.53. The molecule has 12 heteroatoms. The van der Waals surface area contributed by atoms with Crippen molar-refractivity contribution >= 4 is 33.2 Å². The van der Waals surface area contributed by atoms with Gasteiger partial charge in [-0.1, -0.05) is 12.1 Å². The van der Waals surface area contributed by atoms with Crippen molar-refractivity contribution in [2.75, 3.05) is 31.1 Å². The maximum absolute atomic E-state index is 13.2. The highest BCUT2D eigenvalue weighted by molar-refractivity contribution is 7.89. The van der Waals surface area contributed by atoms with E-state index in [0.29, 0.717) is 0 Å². The molecule has 2 amide bonds. The number of para-hydroxylation sites is 1. The van der Waals surface area contributed by atoms with Gasteiger partial charge in [0.2, 0.25) is 15.9 Å². The molecule has 0 unspecified atom stereocenters. The molecule has 2 aliphatic heterocycles. The molecule has 0 N–H and O–H groups in total. The van der Waals surface area contributed by atoms with Crippen molar-refractivity contribution in [2.24, 2.45) is 0 Å². The Balaban J connectivity index is 1.47. The van der Waals surface area contributed by atoms with Gasteiger partial charge < -0.3 is 0 Å². The van der Waals surface area contributed by atoms with Crippen molar-refractivity contribution in [3.63, 3.8) is 0 Å². The Morgan fingerprint density at radius 2 is 1.59 bits per heavy atom. The number of benzene rings is 2. The van der Waals surface area contributed by atoms with Gasteiger partial charge in [-0.15, -0.1) is 0 Å². The van der Waals surface area contributed by atoms with Crippen LogP contribution >= 0.6 is 0 Å². The van der Waals surface area contributed by atoms with E-state index in [1.54, 1.807) is 4.90 Å². The van der Waals surface area contributed by atoms with E-state index in [9.17, 15) is 32.5 Å². The molecule has 2 fully saturated rings. The second-order valence-corrected chi connectivity index (χ2v) is 9.33. The number of hydrogen-bond donors (Lipinski definition) is 0. The highest BCUT2D eigenvalue weighted by atomic mass is 32.2. The summed E-state index contributed by atoms with van der Waals surface area (Å²) in [5.74, 6) is -1.35. The SMILES string of the molecule is O=C1C[C@H](N2CCN(S(=O)(=O)c3ccccc3[N+](=O)[O-])CC2)C(=O)N1c1ccc(F)cc1. The van der Waals surface area contributed by atoms with Gasteiger partial charge in [-0.25, -0.2) is 17.7 Å². The van der Waals surface area contributed by atoms with Crippen molar-refractivity contribution in [3.8, 4) is 0 Å². The fourth-order valence-corrected chi connectivity index (χ4v) is 5.56. The first-order valence-electron chi connectivity index (χ1n) is 9.80. The molecule has 2 aromatic carbocycles. The zero-order valence-electron chi connectivity index (χ0n) is 16.8. The van der Waals surface area contributed by atoms with Gasteiger partial charge in [0.1, 0.15) is 5.82 Å². The largest absolute Gasteiger partial charge is 0.289 e. The summed E-state index contributed by atoms with van der Waals surface area (Å²) in [6, 6.07) is 9.42. The molecule has 4 rings (SSSR count). The maximum atomic E-state index is 13.2. The van der Waals surface area contributed by atoms with Gasteiger partial charge in [-0.05, 0) is 30.3 Å². The smallest absolute Gasteiger partial charge is 0.289 e. The number of hydrogen-bond acceptors (Lipinski definition) is 7. The van der Waals surface area contributed by atoms with Crippen molar-refractivity contribution in [2.45, 2.75) is 17.4 Å². The number of sulfonamides is 1. The molecular weight excluding hydrogens is 443 g/mol. The minimum atomic E-state index is -4.10. The standard InChI is InChI=1S/C20H19FN4O6S/c21-14-5-7-15(8-6-14)24-19(26)13-17(20(24)27)22-9-11-23(12-10-22)32(30,31)18-4-2-1-3-16(18)25(28)29/h1-8,17H,9-13H2/t17-/m0/s1. The highest BCUT2D eigenvalue weighted by Crippen LogP contribution is 2.29. The highest BCUT2D eigenvalue weighted by Gasteiger charge is 2.44. The van der Waals surface area contributed by atoms with Gasteiger partial charge in [0.15, 0.2) is 4.90 Å². The summed E-state index contributed by atoms with van der Waals surface area (Å²) in [5, 5.41) is 11.2. The number of nitro benzene ring substituents is 1. The first kappa shape index (κ1) is 22.0. The van der Waals surface area contributed by atoms with Crippen molar-refractivity contribution in [1.82, 2.24) is 9.21 Å². The lowest BCUT2D eigenvalue weighted by Gasteiger charge is -2.36. The van der Waals surface area contributed by atoms with E-state index < -0.39 is 44.3 Å². The second-order valence-electron chi connectivity index (χ2n) is 7.43. The molecule has 0 spiro atoms. The van der Waals surface area contributed by atoms with E-state index >= 15 is 0 Å². The Bertz CT molecular complexity index is 1180. The van der Waals surface area contributed by atoms with E-state index in [-0.39, 0.29) is 43.2 Å². The number of halogens is 1. The van der Waals surface area contributed by atoms with E-state index in [4.69, 9.17) is 0 Å². The fraction of sp³-hybridized carbons (Fsp3) is 0.300. The van der Waals surface area contributed by atoms with E-state index in [0.717, 1.165) is 27.4 Å². The second kappa shape index (κ2) is 8.37. The summed E-state index contributed by atoms with van der Waals surface area (Å²) >= 11 is 0. The number of carbonyl (C=O) groups is 2. The summed E-state index contributed by atoms with van der Waals surface area (Å²) < 4.78 is 40.2. The van der Waals surface area contributed by atoms with Crippen molar-refractivity contribution < 1.29 is 27.3 Å². The number of piperazine rings is 1. The Morgan fingerprint density at radius 1 is 0.969 bits per heavy atom. The first-order valence-corrected chi connectivity index (χ1v) is 11.2. The number of nitrogens with zero attached hydrogens (tertiary/aromatic N) is 4. The Labute approximate surface area is 183 Å². The number of rotatable bonds is 5. The predicted octanol–water partition coefficient (Wildman–Crippen LogP) is 1.37. The number of amides is 2. The maximum Gasteiger partial charge on any atom is 0.289 e. The van der Waals surface area contributed by atoms with Crippen molar-refractivity contribution in [1.29, 1.82) is 0 Å². The molecule has 2 heterocycles. The third-order valence-corrected chi connectivity index (χ3v) is 7.55. The molecule has 0 radical (unpaired) electrons. The molecule has 0 aliphatic carbocycles. The lowest BCUT2D eigenvalue weighted by molar-refractivity contribution is -0.387. The molecule has 2 saturated heterocycles. The van der Waals surface area contributed by atoms with Crippen LogP contribution in [0.1, 0.15) is 6.42 Å². The molecule has 32 heavy (non-hydrogen) atoms.